The van der Waals surface area contributed by atoms with Crippen molar-refractivity contribution >= 4 is 0 Å². The van der Waals surface area contributed by atoms with Crippen molar-refractivity contribution < 1.29 is 5.11 Å². The average molecular weight is 147 g/mol. The van der Waals surface area contributed by atoms with Gasteiger partial charge in [0, 0.05) is 6.61 Å². The Balaban J connectivity index is 0. The standard InChI is InChI=1S/C6H15NO.C2H6/c1-6(5-8)3-2-4-7;1-2/h6,8H,2-5,7H2,1H3;1-2H3. The maximum absolute atomic E-state index is 8.52. The zero-order chi connectivity index (χ0) is 8.41. The van der Waals surface area contributed by atoms with E-state index in [4.69, 9.17) is 10.8 Å². The highest BCUT2D eigenvalue weighted by Crippen LogP contribution is 2.01. The molecule has 0 aliphatic heterocycles. The van der Waals surface area contributed by atoms with Crippen molar-refractivity contribution in [1.82, 2.24) is 0 Å². The molecule has 0 aliphatic carbocycles. The van der Waals surface area contributed by atoms with Gasteiger partial charge in [-0.15, -0.1) is 0 Å². The molecule has 0 heterocycles. The van der Waals surface area contributed by atoms with Gasteiger partial charge in [0.05, 0.1) is 0 Å². The van der Waals surface area contributed by atoms with Crippen molar-refractivity contribution in [3.63, 3.8) is 0 Å². The van der Waals surface area contributed by atoms with E-state index < -0.39 is 0 Å². The molecule has 0 amide bonds. The Morgan fingerprint density at radius 1 is 1.40 bits per heavy atom. The van der Waals surface area contributed by atoms with Crippen LogP contribution in [0.25, 0.3) is 0 Å². The minimum Gasteiger partial charge on any atom is -0.396 e. The number of aliphatic hydroxyl groups is 1. The Morgan fingerprint density at radius 3 is 2.20 bits per heavy atom. The maximum atomic E-state index is 8.52. The molecule has 10 heavy (non-hydrogen) atoms. The summed E-state index contributed by atoms with van der Waals surface area (Å²) in [5.41, 5.74) is 5.25. The van der Waals surface area contributed by atoms with Crippen LogP contribution in [-0.2, 0) is 0 Å². The molecule has 0 aromatic rings. The van der Waals surface area contributed by atoms with Crippen molar-refractivity contribution in [3.05, 3.63) is 0 Å². The fraction of sp³-hybridized carbons (Fsp3) is 1.00. The lowest BCUT2D eigenvalue weighted by atomic mass is 10.1. The SMILES string of the molecule is CC.CC(CO)CCCN. The first kappa shape index (κ1) is 12.6. The van der Waals surface area contributed by atoms with E-state index in [2.05, 4.69) is 0 Å². The molecule has 64 valence electrons. The summed E-state index contributed by atoms with van der Waals surface area (Å²) in [6.07, 6.45) is 2.08. The van der Waals surface area contributed by atoms with Gasteiger partial charge in [-0.2, -0.15) is 0 Å². The van der Waals surface area contributed by atoms with Crippen molar-refractivity contribution in [2.24, 2.45) is 11.7 Å². The van der Waals surface area contributed by atoms with E-state index in [0.717, 1.165) is 19.4 Å². The van der Waals surface area contributed by atoms with Crippen LogP contribution in [0.1, 0.15) is 33.6 Å². The Hall–Kier alpha value is -0.0800. The monoisotopic (exact) mass is 147 g/mol. The van der Waals surface area contributed by atoms with Crippen LogP contribution in [0, 0.1) is 5.92 Å². The molecule has 0 aromatic carbocycles. The van der Waals surface area contributed by atoms with E-state index >= 15 is 0 Å². The molecule has 1 atom stereocenters. The topological polar surface area (TPSA) is 46.2 Å². The van der Waals surface area contributed by atoms with Crippen LogP contribution in [-0.4, -0.2) is 18.3 Å². The third kappa shape index (κ3) is 10.8. The molecule has 2 heteroatoms. The van der Waals surface area contributed by atoms with Gasteiger partial charge in [0.25, 0.3) is 0 Å². The molecule has 0 bridgehead atoms. The largest absolute Gasteiger partial charge is 0.396 e. The molecule has 2 nitrogen and oxygen atoms in total. The number of hydrogen-bond acceptors (Lipinski definition) is 2. The van der Waals surface area contributed by atoms with Gasteiger partial charge in [0.15, 0.2) is 0 Å². The first-order chi connectivity index (χ1) is 4.81. The van der Waals surface area contributed by atoms with E-state index in [1.165, 1.54) is 0 Å². The Bertz CT molecular complexity index is 48.5. The fourth-order valence-electron chi connectivity index (χ4n) is 0.558. The molecule has 0 aliphatic rings. The third-order valence-corrected chi connectivity index (χ3v) is 1.21. The second kappa shape index (κ2) is 11.7. The second-order valence-corrected chi connectivity index (χ2v) is 2.22. The summed E-state index contributed by atoms with van der Waals surface area (Å²) in [5.74, 6) is 0.429. The summed E-state index contributed by atoms with van der Waals surface area (Å²) in [6.45, 7) is 7.06. The molecular weight excluding hydrogens is 126 g/mol. The first-order valence-electron chi connectivity index (χ1n) is 4.12. The molecule has 1 unspecified atom stereocenters. The van der Waals surface area contributed by atoms with E-state index in [9.17, 15) is 0 Å². The minimum atomic E-state index is 0.292. The predicted molar refractivity (Wildman–Crippen MR) is 45.9 cm³/mol. The van der Waals surface area contributed by atoms with Crippen molar-refractivity contribution in [3.8, 4) is 0 Å². The molecule has 0 fully saturated rings. The van der Waals surface area contributed by atoms with Crippen LogP contribution < -0.4 is 5.73 Å². The van der Waals surface area contributed by atoms with Gasteiger partial charge in [-0.05, 0) is 25.3 Å². The van der Waals surface area contributed by atoms with E-state index in [1.54, 1.807) is 0 Å². The number of hydrogen-bond donors (Lipinski definition) is 2. The van der Waals surface area contributed by atoms with Crippen LogP contribution in [0.3, 0.4) is 0 Å². The lowest BCUT2D eigenvalue weighted by molar-refractivity contribution is 0.229. The summed E-state index contributed by atoms with van der Waals surface area (Å²) in [7, 11) is 0. The highest BCUT2D eigenvalue weighted by molar-refractivity contribution is 4.49. The van der Waals surface area contributed by atoms with Crippen LogP contribution in [0.5, 0.6) is 0 Å². The Kier molecular flexibility index (Phi) is 14.7. The average Bonchev–Trinajstić information content (AvgIpc) is 2.04. The van der Waals surface area contributed by atoms with Gasteiger partial charge in [0.1, 0.15) is 0 Å². The van der Waals surface area contributed by atoms with Crippen molar-refractivity contribution in [2.75, 3.05) is 13.2 Å². The van der Waals surface area contributed by atoms with E-state index in [0.29, 0.717) is 12.5 Å². The summed E-state index contributed by atoms with van der Waals surface area (Å²) in [6, 6.07) is 0. The van der Waals surface area contributed by atoms with Gasteiger partial charge in [-0.3, -0.25) is 0 Å². The van der Waals surface area contributed by atoms with Crippen molar-refractivity contribution in [1.29, 1.82) is 0 Å². The van der Waals surface area contributed by atoms with Crippen molar-refractivity contribution in [2.45, 2.75) is 33.6 Å². The normalized spacial score (nSPS) is 11.7. The van der Waals surface area contributed by atoms with Gasteiger partial charge in [0.2, 0.25) is 0 Å². The first-order valence-corrected chi connectivity index (χ1v) is 4.12. The lowest BCUT2D eigenvalue weighted by Crippen LogP contribution is -2.05. The van der Waals surface area contributed by atoms with Gasteiger partial charge in [-0.1, -0.05) is 20.8 Å². The zero-order valence-corrected chi connectivity index (χ0v) is 7.43. The molecule has 0 saturated heterocycles. The molecule has 0 aromatic heterocycles. The lowest BCUT2D eigenvalue weighted by Gasteiger charge is -2.03. The summed E-state index contributed by atoms with van der Waals surface area (Å²) in [4.78, 5) is 0. The van der Waals surface area contributed by atoms with Crippen LogP contribution in [0.2, 0.25) is 0 Å². The molecule has 0 rings (SSSR count). The molecule has 0 spiro atoms. The zero-order valence-electron chi connectivity index (χ0n) is 7.43. The van der Waals surface area contributed by atoms with E-state index in [-0.39, 0.29) is 0 Å². The van der Waals surface area contributed by atoms with Gasteiger partial charge in [-0.25, -0.2) is 0 Å². The summed E-state index contributed by atoms with van der Waals surface area (Å²) < 4.78 is 0. The quantitative estimate of drug-likeness (QED) is 0.631. The number of nitrogens with two attached hydrogens (primary N) is 1. The maximum Gasteiger partial charge on any atom is 0.0456 e. The highest BCUT2D eigenvalue weighted by atomic mass is 16.3. The van der Waals surface area contributed by atoms with E-state index in [1.807, 2.05) is 20.8 Å². The van der Waals surface area contributed by atoms with Crippen LogP contribution >= 0.6 is 0 Å². The summed E-state index contributed by atoms with van der Waals surface area (Å²) >= 11 is 0. The third-order valence-electron chi connectivity index (χ3n) is 1.21. The summed E-state index contributed by atoms with van der Waals surface area (Å²) in [5, 5.41) is 8.52. The number of rotatable bonds is 4. The predicted octanol–water partition coefficient (Wildman–Crippen LogP) is 1.38. The highest BCUT2D eigenvalue weighted by Gasteiger charge is 1.96. The molecule has 0 radical (unpaired) electrons. The molecule has 3 N–H and O–H groups in total. The molecule has 0 saturated carbocycles. The fourth-order valence-corrected chi connectivity index (χ4v) is 0.558. The van der Waals surface area contributed by atoms with Gasteiger partial charge >= 0.3 is 0 Å². The Morgan fingerprint density at radius 2 is 1.90 bits per heavy atom. The second-order valence-electron chi connectivity index (χ2n) is 2.22. The Labute approximate surface area is 64.4 Å². The van der Waals surface area contributed by atoms with Crippen LogP contribution in [0.4, 0.5) is 0 Å². The smallest absolute Gasteiger partial charge is 0.0456 e. The number of aliphatic hydroxyl groups excluding tert-OH is 1. The van der Waals surface area contributed by atoms with Crippen LogP contribution in [0.15, 0.2) is 0 Å². The van der Waals surface area contributed by atoms with Gasteiger partial charge < -0.3 is 10.8 Å². The minimum absolute atomic E-state index is 0.292. The molecular formula is C8H21NO.